The van der Waals surface area contributed by atoms with Gasteiger partial charge in [0.2, 0.25) is 0 Å². The summed E-state index contributed by atoms with van der Waals surface area (Å²) in [5.74, 6) is 0. The summed E-state index contributed by atoms with van der Waals surface area (Å²) in [6.45, 7) is 6.03. The third-order valence-electron chi connectivity index (χ3n) is 0.811. The lowest BCUT2D eigenvalue weighted by atomic mass is 10.5. The standard InChI is InChI=1S/C5H13NOSi/c1-4-5(2)6-7-8-3/h4,6H,8H2,1-3H3/b5-4+. The van der Waals surface area contributed by atoms with Crippen molar-refractivity contribution >= 4 is 9.76 Å². The van der Waals surface area contributed by atoms with Crippen molar-refractivity contribution < 1.29 is 4.53 Å². The van der Waals surface area contributed by atoms with Crippen molar-refractivity contribution in [2.24, 2.45) is 0 Å². The molecule has 0 spiro atoms. The van der Waals surface area contributed by atoms with Crippen molar-refractivity contribution in [1.82, 2.24) is 5.48 Å². The van der Waals surface area contributed by atoms with Gasteiger partial charge in [-0.1, -0.05) is 6.08 Å². The summed E-state index contributed by atoms with van der Waals surface area (Å²) in [7, 11) is -0.290. The number of nitrogens with one attached hydrogen (secondary N) is 1. The Morgan fingerprint density at radius 1 is 1.75 bits per heavy atom. The van der Waals surface area contributed by atoms with Crippen LogP contribution in [-0.4, -0.2) is 9.76 Å². The van der Waals surface area contributed by atoms with Crippen LogP contribution in [0.1, 0.15) is 13.8 Å². The van der Waals surface area contributed by atoms with Crippen molar-refractivity contribution in [3.05, 3.63) is 11.8 Å². The van der Waals surface area contributed by atoms with E-state index in [2.05, 4.69) is 12.0 Å². The molecule has 3 heteroatoms. The van der Waals surface area contributed by atoms with Crippen molar-refractivity contribution in [1.29, 1.82) is 0 Å². The van der Waals surface area contributed by atoms with Crippen LogP contribution in [0.2, 0.25) is 6.55 Å². The molecule has 0 rings (SSSR count). The second kappa shape index (κ2) is 4.87. The molecule has 0 aliphatic heterocycles. The molecule has 0 saturated heterocycles. The Bertz CT molecular complexity index is 82.5. The van der Waals surface area contributed by atoms with Crippen LogP contribution in [0.25, 0.3) is 0 Å². The van der Waals surface area contributed by atoms with Gasteiger partial charge < -0.3 is 4.53 Å². The van der Waals surface area contributed by atoms with Gasteiger partial charge in [0, 0.05) is 5.70 Å². The number of allylic oxidation sites excluding steroid dienone is 2. The molecule has 0 aliphatic rings. The lowest BCUT2D eigenvalue weighted by Crippen LogP contribution is -2.12. The van der Waals surface area contributed by atoms with E-state index in [1.807, 2.05) is 19.9 Å². The average molecular weight is 131 g/mol. The van der Waals surface area contributed by atoms with Gasteiger partial charge in [-0.3, -0.25) is 5.48 Å². The predicted octanol–water partition coefficient (Wildman–Crippen LogP) is 0.563. The molecular formula is C5H13NOSi. The molecule has 0 unspecified atom stereocenters. The topological polar surface area (TPSA) is 21.3 Å². The Hall–Kier alpha value is -0.283. The fraction of sp³-hybridized carbons (Fsp3) is 0.600. The maximum Gasteiger partial charge on any atom is 0.195 e. The lowest BCUT2D eigenvalue weighted by molar-refractivity contribution is 0.245. The van der Waals surface area contributed by atoms with Gasteiger partial charge in [-0.05, 0) is 20.4 Å². The molecular weight excluding hydrogens is 118 g/mol. The highest BCUT2D eigenvalue weighted by Crippen LogP contribution is 1.82. The third-order valence-corrected chi connectivity index (χ3v) is 1.24. The summed E-state index contributed by atoms with van der Waals surface area (Å²) < 4.78 is 5.01. The molecule has 0 aromatic carbocycles. The Balaban J connectivity index is 3.12. The second-order valence-corrected chi connectivity index (χ2v) is 2.37. The van der Waals surface area contributed by atoms with Gasteiger partial charge in [0.25, 0.3) is 0 Å². The number of hydrogen-bond acceptors (Lipinski definition) is 2. The van der Waals surface area contributed by atoms with Crippen LogP contribution in [0, 0.1) is 0 Å². The summed E-state index contributed by atoms with van der Waals surface area (Å²) in [6, 6.07) is 0. The van der Waals surface area contributed by atoms with E-state index in [0.717, 1.165) is 5.70 Å². The van der Waals surface area contributed by atoms with Crippen molar-refractivity contribution in [3.8, 4) is 0 Å². The van der Waals surface area contributed by atoms with Gasteiger partial charge in [0.1, 0.15) is 0 Å². The SMILES string of the molecule is C/C=C(\C)NO[SiH2]C. The number of rotatable bonds is 3. The summed E-state index contributed by atoms with van der Waals surface area (Å²) in [4.78, 5) is 0. The first-order valence-corrected chi connectivity index (χ1v) is 4.81. The molecule has 8 heavy (non-hydrogen) atoms. The zero-order valence-electron chi connectivity index (χ0n) is 5.69. The molecule has 0 bridgehead atoms. The average Bonchev–Trinajstić information content (AvgIpc) is 1.83. The van der Waals surface area contributed by atoms with E-state index in [1.54, 1.807) is 0 Å². The highest BCUT2D eigenvalue weighted by Gasteiger charge is 1.79. The van der Waals surface area contributed by atoms with E-state index in [-0.39, 0.29) is 9.76 Å². The van der Waals surface area contributed by atoms with Crippen LogP contribution in [0.4, 0.5) is 0 Å². The molecule has 0 amide bonds. The van der Waals surface area contributed by atoms with Gasteiger partial charge in [0.15, 0.2) is 9.76 Å². The van der Waals surface area contributed by atoms with Crippen LogP contribution >= 0.6 is 0 Å². The normalized spacial score (nSPS) is 13.1. The van der Waals surface area contributed by atoms with E-state index >= 15 is 0 Å². The van der Waals surface area contributed by atoms with Crippen LogP contribution in [0.5, 0.6) is 0 Å². The zero-order valence-corrected chi connectivity index (χ0v) is 7.11. The summed E-state index contributed by atoms with van der Waals surface area (Å²) in [5.41, 5.74) is 3.89. The molecule has 0 aromatic heterocycles. The highest BCUT2D eigenvalue weighted by molar-refractivity contribution is 6.24. The van der Waals surface area contributed by atoms with E-state index in [1.165, 1.54) is 0 Å². The molecule has 48 valence electrons. The Labute approximate surface area is 52.8 Å². The van der Waals surface area contributed by atoms with E-state index in [9.17, 15) is 0 Å². The molecule has 0 atom stereocenters. The number of hydrogen-bond donors (Lipinski definition) is 1. The lowest BCUT2D eigenvalue weighted by Gasteiger charge is -2.02. The minimum Gasteiger partial charge on any atom is -0.331 e. The Morgan fingerprint density at radius 3 is 2.75 bits per heavy atom. The first-order chi connectivity index (χ1) is 3.81. The van der Waals surface area contributed by atoms with Gasteiger partial charge >= 0.3 is 0 Å². The zero-order chi connectivity index (χ0) is 6.41. The first kappa shape index (κ1) is 7.72. The van der Waals surface area contributed by atoms with E-state index in [4.69, 9.17) is 4.53 Å². The molecule has 0 fully saturated rings. The summed E-state index contributed by atoms with van der Waals surface area (Å²) in [5, 5.41) is 0. The Morgan fingerprint density at radius 2 is 2.38 bits per heavy atom. The third kappa shape index (κ3) is 3.89. The van der Waals surface area contributed by atoms with Gasteiger partial charge in [-0.25, -0.2) is 0 Å². The maximum absolute atomic E-state index is 5.01. The van der Waals surface area contributed by atoms with Crippen molar-refractivity contribution in [3.63, 3.8) is 0 Å². The summed E-state index contributed by atoms with van der Waals surface area (Å²) in [6.07, 6.45) is 1.98. The smallest absolute Gasteiger partial charge is 0.195 e. The molecule has 0 radical (unpaired) electrons. The molecule has 2 nitrogen and oxygen atoms in total. The van der Waals surface area contributed by atoms with Crippen LogP contribution in [0.15, 0.2) is 11.8 Å². The van der Waals surface area contributed by atoms with Crippen LogP contribution in [-0.2, 0) is 4.53 Å². The first-order valence-electron chi connectivity index (χ1n) is 2.82. The van der Waals surface area contributed by atoms with Crippen LogP contribution < -0.4 is 5.48 Å². The van der Waals surface area contributed by atoms with Crippen molar-refractivity contribution in [2.45, 2.75) is 20.4 Å². The molecule has 1 N–H and O–H groups in total. The summed E-state index contributed by atoms with van der Waals surface area (Å²) >= 11 is 0. The quantitative estimate of drug-likeness (QED) is 0.446. The molecule has 0 aliphatic carbocycles. The Kier molecular flexibility index (Phi) is 4.69. The van der Waals surface area contributed by atoms with Crippen LogP contribution in [0.3, 0.4) is 0 Å². The minimum atomic E-state index is -0.290. The monoisotopic (exact) mass is 131 g/mol. The fourth-order valence-corrected chi connectivity index (χ4v) is 0.617. The molecule has 0 saturated carbocycles. The highest BCUT2D eigenvalue weighted by atomic mass is 28.2. The minimum absolute atomic E-state index is 0.290. The van der Waals surface area contributed by atoms with E-state index < -0.39 is 0 Å². The maximum atomic E-state index is 5.01. The van der Waals surface area contributed by atoms with Crippen molar-refractivity contribution in [2.75, 3.05) is 0 Å². The molecule has 0 aromatic rings. The predicted molar refractivity (Wildman–Crippen MR) is 38.1 cm³/mol. The van der Waals surface area contributed by atoms with E-state index in [0.29, 0.717) is 0 Å². The largest absolute Gasteiger partial charge is 0.331 e. The van der Waals surface area contributed by atoms with Gasteiger partial charge in [0.05, 0.1) is 0 Å². The molecule has 0 heterocycles. The van der Waals surface area contributed by atoms with Gasteiger partial charge in [-0.2, -0.15) is 0 Å². The second-order valence-electron chi connectivity index (χ2n) is 1.51. The fourth-order valence-electron chi connectivity index (χ4n) is 0.245. The van der Waals surface area contributed by atoms with Gasteiger partial charge in [-0.15, -0.1) is 0 Å². The number of hydroxylamine groups is 1.